The predicted molar refractivity (Wildman–Crippen MR) is 77.2 cm³/mol. The Morgan fingerprint density at radius 1 is 1.33 bits per heavy atom. The van der Waals surface area contributed by atoms with Gasteiger partial charge in [-0.05, 0) is 39.5 Å². The predicted octanol–water partition coefficient (Wildman–Crippen LogP) is 3.30. The van der Waals surface area contributed by atoms with Gasteiger partial charge in [-0.25, -0.2) is 0 Å². The molecule has 106 valence electrons. The summed E-state index contributed by atoms with van der Waals surface area (Å²) in [5.41, 5.74) is 4.17. The van der Waals surface area contributed by atoms with E-state index in [0.717, 1.165) is 32.3 Å². The topological polar surface area (TPSA) is 47.3 Å². The molecule has 1 rings (SSSR count). The highest BCUT2D eigenvalue weighted by Gasteiger charge is 2.38. The minimum absolute atomic E-state index is 0.0601. The molecule has 0 bridgehead atoms. The third kappa shape index (κ3) is 4.38. The maximum atomic E-state index is 6.16. The van der Waals surface area contributed by atoms with Gasteiger partial charge in [-0.15, -0.1) is 6.58 Å². The van der Waals surface area contributed by atoms with Crippen molar-refractivity contribution in [1.29, 1.82) is 0 Å². The highest BCUT2D eigenvalue weighted by Crippen LogP contribution is 2.35. The van der Waals surface area contributed by atoms with Gasteiger partial charge in [0, 0.05) is 6.61 Å². The lowest BCUT2D eigenvalue weighted by atomic mass is 9.83. The molecule has 1 fully saturated rings. The second kappa shape index (κ2) is 7.93. The van der Waals surface area contributed by atoms with Crippen LogP contribution in [0.4, 0.5) is 0 Å². The molecular weight excluding hydrogens is 224 g/mol. The number of hydrogen-bond acceptors (Lipinski definition) is 3. The summed E-state index contributed by atoms with van der Waals surface area (Å²) in [6, 6.07) is 0.243. The first-order chi connectivity index (χ1) is 8.64. The molecule has 0 aromatic carbocycles. The first kappa shape index (κ1) is 15.7. The van der Waals surface area contributed by atoms with E-state index in [1.807, 2.05) is 0 Å². The van der Waals surface area contributed by atoms with Crippen LogP contribution >= 0.6 is 0 Å². The van der Waals surface area contributed by atoms with Crippen molar-refractivity contribution < 1.29 is 4.74 Å². The van der Waals surface area contributed by atoms with Crippen LogP contribution in [0.15, 0.2) is 12.2 Å². The Morgan fingerprint density at radius 2 is 1.94 bits per heavy atom. The summed E-state index contributed by atoms with van der Waals surface area (Å²) in [6.07, 6.45) is 9.46. The van der Waals surface area contributed by atoms with Crippen LogP contribution in [0, 0.1) is 0 Å². The first-order valence-electron chi connectivity index (χ1n) is 7.39. The third-order valence-electron chi connectivity index (χ3n) is 4.08. The molecule has 0 spiro atoms. The molecule has 3 nitrogen and oxygen atoms in total. The minimum Gasteiger partial charge on any atom is -0.374 e. The number of hydrogen-bond donors (Lipinski definition) is 2. The van der Waals surface area contributed by atoms with Gasteiger partial charge in [-0.1, -0.05) is 31.3 Å². The molecular formula is C15H30N2O. The second-order valence-corrected chi connectivity index (χ2v) is 5.63. The Kier molecular flexibility index (Phi) is 6.90. The maximum Gasteiger partial charge on any atom is 0.0848 e. The molecule has 1 aliphatic rings. The molecule has 18 heavy (non-hydrogen) atoms. The summed E-state index contributed by atoms with van der Waals surface area (Å²) >= 11 is 0. The van der Waals surface area contributed by atoms with E-state index in [1.165, 1.54) is 31.3 Å². The molecule has 3 heteroatoms. The van der Waals surface area contributed by atoms with Crippen molar-refractivity contribution in [3.8, 4) is 0 Å². The van der Waals surface area contributed by atoms with Crippen LogP contribution < -0.4 is 11.3 Å². The van der Waals surface area contributed by atoms with E-state index in [0.29, 0.717) is 0 Å². The lowest BCUT2D eigenvalue weighted by molar-refractivity contribution is -0.0785. The van der Waals surface area contributed by atoms with E-state index < -0.39 is 0 Å². The second-order valence-electron chi connectivity index (χ2n) is 5.63. The lowest BCUT2D eigenvalue weighted by Crippen LogP contribution is -2.54. The van der Waals surface area contributed by atoms with Crippen molar-refractivity contribution in [2.24, 2.45) is 5.84 Å². The summed E-state index contributed by atoms with van der Waals surface area (Å²) in [5.74, 6) is 5.80. The van der Waals surface area contributed by atoms with Gasteiger partial charge in [0.05, 0.1) is 11.6 Å². The van der Waals surface area contributed by atoms with Crippen LogP contribution in [0.2, 0.25) is 0 Å². The zero-order valence-electron chi connectivity index (χ0n) is 12.1. The Morgan fingerprint density at radius 3 is 2.39 bits per heavy atom. The average Bonchev–Trinajstić information content (AvgIpc) is 2.56. The highest BCUT2D eigenvalue weighted by atomic mass is 16.5. The normalized spacial score (nSPS) is 21.3. The van der Waals surface area contributed by atoms with Crippen molar-refractivity contribution >= 4 is 0 Å². The van der Waals surface area contributed by atoms with E-state index >= 15 is 0 Å². The largest absolute Gasteiger partial charge is 0.374 e. The van der Waals surface area contributed by atoms with Gasteiger partial charge in [0.25, 0.3) is 0 Å². The molecule has 0 amide bonds. The molecule has 0 aromatic heterocycles. The van der Waals surface area contributed by atoms with E-state index in [4.69, 9.17) is 10.6 Å². The Labute approximate surface area is 112 Å². The number of nitrogens with two attached hydrogens (primary N) is 1. The fourth-order valence-corrected chi connectivity index (χ4v) is 3.10. The highest BCUT2D eigenvalue weighted by molar-refractivity contribution is 4.97. The SMILES string of the molecule is C=C(C)CCC(NN)C1(OCC)CCCCCC1. The Balaban J connectivity index is 2.73. The van der Waals surface area contributed by atoms with E-state index in [9.17, 15) is 0 Å². The molecule has 0 radical (unpaired) electrons. The molecule has 1 unspecified atom stereocenters. The molecule has 0 aliphatic heterocycles. The van der Waals surface area contributed by atoms with Gasteiger partial charge in [0.15, 0.2) is 0 Å². The fourth-order valence-electron chi connectivity index (χ4n) is 3.10. The monoisotopic (exact) mass is 254 g/mol. The van der Waals surface area contributed by atoms with E-state index in [2.05, 4.69) is 25.9 Å². The van der Waals surface area contributed by atoms with Crippen LogP contribution in [0.3, 0.4) is 0 Å². The summed E-state index contributed by atoms with van der Waals surface area (Å²) in [5, 5.41) is 0. The third-order valence-corrected chi connectivity index (χ3v) is 4.08. The van der Waals surface area contributed by atoms with Crippen molar-refractivity contribution in [2.75, 3.05) is 6.61 Å². The van der Waals surface area contributed by atoms with Crippen molar-refractivity contribution in [3.05, 3.63) is 12.2 Å². The molecule has 1 aliphatic carbocycles. The number of allylic oxidation sites excluding steroid dienone is 1. The zero-order chi connectivity index (χ0) is 13.4. The molecule has 0 saturated heterocycles. The number of rotatable bonds is 7. The van der Waals surface area contributed by atoms with Crippen LogP contribution in [0.5, 0.6) is 0 Å². The van der Waals surface area contributed by atoms with Gasteiger partial charge in [0.2, 0.25) is 0 Å². The quantitative estimate of drug-likeness (QED) is 0.317. The summed E-state index contributed by atoms with van der Waals surface area (Å²) in [6.45, 7) is 8.91. The smallest absolute Gasteiger partial charge is 0.0848 e. The molecule has 0 heterocycles. The molecule has 0 aromatic rings. The van der Waals surface area contributed by atoms with E-state index in [1.54, 1.807) is 0 Å². The van der Waals surface area contributed by atoms with E-state index in [-0.39, 0.29) is 11.6 Å². The van der Waals surface area contributed by atoms with Crippen molar-refractivity contribution in [1.82, 2.24) is 5.43 Å². The Hall–Kier alpha value is -0.380. The van der Waals surface area contributed by atoms with Gasteiger partial charge >= 0.3 is 0 Å². The van der Waals surface area contributed by atoms with Crippen LogP contribution in [-0.4, -0.2) is 18.2 Å². The van der Waals surface area contributed by atoms with Gasteiger partial charge in [0.1, 0.15) is 0 Å². The number of hydrazine groups is 1. The first-order valence-corrected chi connectivity index (χ1v) is 7.39. The number of ether oxygens (including phenoxy) is 1. The average molecular weight is 254 g/mol. The molecule has 3 N–H and O–H groups in total. The minimum atomic E-state index is -0.0601. The molecule has 1 atom stereocenters. The Bertz CT molecular complexity index is 245. The maximum absolute atomic E-state index is 6.16. The van der Waals surface area contributed by atoms with Crippen LogP contribution in [-0.2, 0) is 4.74 Å². The van der Waals surface area contributed by atoms with Crippen LogP contribution in [0.1, 0.15) is 65.2 Å². The standard InChI is InChI=1S/C15H30N2O/c1-4-18-15(11-7-5-6-8-12-15)14(17-16)10-9-13(2)3/h14,17H,2,4-12,16H2,1,3H3. The zero-order valence-corrected chi connectivity index (χ0v) is 12.1. The van der Waals surface area contributed by atoms with Gasteiger partial charge in [-0.3, -0.25) is 11.3 Å². The lowest BCUT2D eigenvalue weighted by Gasteiger charge is -2.40. The van der Waals surface area contributed by atoms with Crippen molar-refractivity contribution in [3.63, 3.8) is 0 Å². The summed E-state index contributed by atoms with van der Waals surface area (Å²) < 4.78 is 6.16. The summed E-state index contributed by atoms with van der Waals surface area (Å²) in [4.78, 5) is 0. The molecule has 1 saturated carbocycles. The van der Waals surface area contributed by atoms with Gasteiger partial charge in [-0.2, -0.15) is 0 Å². The number of nitrogens with one attached hydrogen (secondary N) is 1. The fraction of sp³-hybridized carbons (Fsp3) is 0.867. The summed E-state index contributed by atoms with van der Waals surface area (Å²) in [7, 11) is 0. The van der Waals surface area contributed by atoms with Crippen molar-refractivity contribution in [2.45, 2.75) is 76.9 Å². The van der Waals surface area contributed by atoms with Crippen LogP contribution in [0.25, 0.3) is 0 Å². The van der Waals surface area contributed by atoms with Gasteiger partial charge < -0.3 is 4.74 Å².